The summed E-state index contributed by atoms with van der Waals surface area (Å²) in [5.74, 6) is -1.39. The molecule has 5 rings (SSSR count). The lowest BCUT2D eigenvalue weighted by Crippen LogP contribution is -2.17. The number of pyridine rings is 1. The largest absolute Gasteiger partial charge is 0.370 e. The quantitative estimate of drug-likeness (QED) is 0.689. The number of hydrogen-bond acceptors (Lipinski definition) is 6. The first-order valence-electron chi connectivity index (χ1n) is 9.71. The van der Waals surface area contributed by atoms with Crippen LogP contribution >= 0.6 is 0 Å². The van der Waals surface area contributed by atoms with Crippen LogP contribution in [0.5, 0.6) is 0 Å². The Bertz CT molecular complexity index is 1110. The molecule has 2 N–H and O–H groups in total. The highest BCUT2D eigenvalue weighted by molar-refractivity contribution is 6.02. The zero-order chi connectivity index (χ0) is 20.7. The fourth-order valence-electron chi connectivity index (χ4n) is 3.78. The van der Waals surface area contributed by atoms with Gasteiger partial charge in [0.05, 0.1) is 29.7 Å². The summed E-state index contributed by atoms with van der Waals surface area (Å²) in [6.45, 7) is 2.17. The Morgan fingerprint density at radius 3 is 2.47 bits per heavy atom. The molecule has 1 amide bonds. The highest BCUT2D eigenvalue weighted by Crippen LogP contribution is 2.30. The van der Waals surface area contributed by atoms with E-state index in [1.54, 1.807) is 12.3 Å². The van der Waals surface area contributed by atoms with Gasteiger partial charge in [-0.2, -0.15) is 0 Å². The molecule has 152 valence electrons. The van der Waals surface area contributed by atoms with Crippen LogP contribution in [0.3, 0.4) is 0 Å². The molecular weight excluding hydrogens is 390 g/mol. The Morgan fingerprint density at radius 1 is 1.00 bits per heavy atom. The van der Waals surface area contributed by atoms with Gasteiger partial charge in [0.1, 0.15) is 28.8 Å². The molecule has 1 saturated heterocycles. The first-order chi connectivity index (χ1) is 14.6. The summed E-state index contributed by atoms with van der Waals surface area (Å²) in [7, 11) is 0. The van der Waals surface area contributed by atoms with E-state index >= 15 is 0 Å². The molecule has 1 aromatic carbocycles. The highest BCUT2D eigenvalue weighted by atomic mass is 19.1. The maximum Gasteiger partial charge on any atom is 0.257 e. The number of anilines is 3. The number of fused-ring (bicyclic) bond motifs is 1. The number of rotatable bonds is 4. The molecule has 2 aliphatic heterocycles. The molecule has 30 heavy (non-hydrogen) atoms. The topological polar surface area (TPSA) is 83.0 Å². The molecule has 9 heteroatoms. The SMILES string of the molecule is O=C1NCc2nc(-c3c(F)cccc3F)nc(Nc3ccc(N4CCCC4)cn3)c21. The van der Waals surface area contributed by atoms with Gasteiger partial charge in [0.25, 0.3) is 5.91 Å². The second kappa shape index (κ2) is 7.33. The number of aromatic nitrogens is 3. The summed E-state index contributed by atoms with van der Waals surface area (Å²) in [5, 5.41) is 5.68. The number of halogens is 2. The third kappa shape index (κ3) is 3.22. The van der Waals surface area contributed by atoms with Gasteiger partial charge in [-0.3, -0.25) is 4.79 Å². The van der Waals surface area contributed by atoms with Crippen molar-refractivity contribution in [3.05, 3.63) is 59.4 Å². The van der Waals surface area contributed by atoms with E-state index in [-0.39, 0.29) is 35.2 Å². The fourth-order valence-corrected chi connectivity index (χ4v) is 3.78. The van der Waals surface area contributed by atoms with Crippen LogP contribution in [0.4, 0.5) is 26.1 Å². The van der Waals surface area contributed by atoms with E-state index in [0.29, 0.717) is 11.5 Å². The van der Waals surface area contributed by atoms with Crippen LogP contribution in [0.25, 0.3) is 11.4 Å². The number of benzene rings is 1. The summed E-state index contributed by atoms with van der Waals surface area (Å²) in [5.41, 5.74) is 1.32. The number of carbonyl (C=O) groups excluding carboxylic acids is 1. The molecule has 2 aliphatic rings. The van der Waals surface area contributed by atoms with Crippen LogP contribution in [0.2, 0.25) is 0 Å². The molecule has 7 nitrogen and oxygen atoms in total. The molecule has 0 aliphatic carbocycles. The lowest BCUT2D eigenvalue weighted by atomic mass is 10.1. The van der Waals surface area contributed by atoms with Gasteiger partial charge < -0.3 is 15.5 Å². The van der Waals surface area contributed by atoms with Crippen LogP contribution in [-0.2, 0) is 6.54 Å². The molecule has 0 radical (unpaired) electrons. The van der Waals surface area contributed by atoms with Crippen molar-refractivity contribution >= 4 is 23.2 Å². The van der Waals surface area contributed by atoms with E-state index in [2.05, 4.69) is 30.5 Å². The minimum atomic E-state index is -0.772. The molecule has 4 heterocycles. The maximum atomic E-state index is 14.3. The highest BCUT2D eigenvalue weighted by Gasteiger charge is 2.28. The van der Waals surface area contributed by atoms with Gasteiger partial charge in [0.15, 0.2) is 5.82 Å². The summed E-state index contributed by atoms with van der Waals surface area (Å²) in [6.07, 6.45) is 4.09. The van der Waals surface area contributed by atoms with Crippen molar-refractivity contribution in [2.45, 2.75) is 19.4 Å². The molecular formula is C21H18F2N6O. The number of carbonyl (C=O) groups is 1. The Morgan fingerprint density at radius 2 is 1.77 bits per heavy atom. The van der Waals surface area contributed by atoms with Crippen molar-refractivity contribution in [2.24, 2.45) is 0 Å². The molecule has 1 fully saturated rings. The molecule has 3 aromatic rings. The van der Waals surface area contributed by atoms with Crippen LogP contribution < -0.4 is 15.5 Å². The van der Waals surface area contributed by atoms with Crippen molar-refractivity contribution in [3.63, 3.8) is 0 Å². The van der Waals surface area contributed by atoms with Gasteiger partial charge in [-0.25, -0.2) is 23.7 Å². The van der Waals surface area contributed by atoms with E-state index in [4.69, 9.17) is 0 Å². The Kier molecular flexibility index (Phi) is 4.50. The van der Waals surface area contributed by atoms with Gasteiger partial charge in [0, 0.05) is 13.1 Å². The van der Waals surface area contributed by atoms with Crippen LogP contribution in [0.1, 0.15) is 28.9 Å². The lowest BCUT2D eigenvalue weighted by molar-refractivity contribution is 0.0966. The predicted octanol–water partition coefficient (Wildman–Crippen LogP) is 3.40. The average molecular weight is 408 g/mol. The van der Waals surface area contributed by atoms with E-state index in [0.717, 1.165) is 43.8 Å². The maximum absolute atomic E-state index is 14.3. The minimum Gasteiger partial charge on any atom is -0.370 e. The van der Waals surface area contributed by atoms with Gasteiger partial charge in [-0.15, -0.1) is 0 Å². The zero-order valence-electron chi connectivity index (χ0n) is 16.0. The molecule has 0 atom stereocenters. The molecule has 0 bridgehead atoms. The zero-order valence-corrected chi connectivity index (χ0v) is 16.0. The van der Waals surface area contributed by atoms with Crippen LogP contribution in [-0.4, -0.2) is 33.9 Å². The monoisotopic (exact) mass is 408 g/mol. The normalized spacial score (nSPS) is 15.3. The number of nitrogens with one attached hydrogen (secondary N) is 2. The van der Waals surface area contributed by atoms with Crippen molar-refractivity contribution in [1.82, 2.24) is 20.3 Å². The van der Waals surface area contributed by atoms with Gasteiger partial charge in [0.2, 0.25) is 0 Å². The Hall–Kier alpha value is -3.62. The smallest absolute Gasteiger partial charge is 0.257 e. The van der Waals surface area contributed by atoms with Gasteiger partial charge in [-0.1, -0.05) is 6.07 Å². The second-order valence-electron chi connectivity index (χ2n) is 7.22. The molecule has 2 aromatic heterocycles. The molecule has 0 spiro atoms. The summed E-state index contributed by atoms with van der Waals surface area (Å²) in [4.78, 5) is 27.4. The van der Waals surface area contributed by atoms with Gasteiger partial charge in [-0.05, 0) is 37.1 Å². The van der Waals surface area contributed by atoms with E-state index < -0.39 is 11.6 Å². The van der Waals surface area contributed by atoms with E-state index in [9.17, 15) is 13.6 Å². The average Bonchev–Trinajstić information content (AvgIpc) is 3.39. The minimum absolute atomic E-state index is 0.128. The van der Waals surface area contributed by atoms with Crippen LogP contribution in [0, 0.1) is 11.6 Å². The van der Waals surface area contributed by atoms with Crippen molar-refractivity contribution in [2.75, 3.05) is 23.3 Å². The Balaban J connectivity index is 1.53. The summed E-state index contributed by atoms with van der Waals surface area (Å²) < 4.78 is 28.6. The van der Waals surface area contributed by atoms with Crippen molar-refractivity contribution in [1.29, 1.82) is 0 Å². The first-order valence-corrected chi connectivity index (χ1v) is 9.71. The van der Waals surface area contributed by atoms with E-state index in [1.165, 1.54) is 6.07 Å². The number of amides is 1. The molecule has 0 unspecified atom stereocenters. The predicted molar refractivity (Wildman–Crippen MR) is 108 cm³/mol. The standard InChI is InChI=1S/C21H18F2N6O/c22-13-4-3-5-14(23)17(13)19-26-15-11-25-21(30)18(15)20(28-19)27-16-7-6-12(10-24-16)29-8-1-2-9-29/h3-7,10H,1-2,8-9,11H2,(H,25,30)(H,24,26,27,28). The van der Waals surface area contributed by atoms with Gasteiger partial charge >= 0.3 is 0 Å². The first kappa shape index (κ1) is 18.4. The fraction of sp³-hybridized carbons (Fsp3) is 0.238. The Labute approximate surface area is 171 Å². The summed E-state index contributed by atoms with van der Waals surface area (Å²) in [6, 6.07) is 7.30. The van der Waals surface area contributed by atoms with Crippen molar-refractivity contribution < 1.29 is 13.6 Å². The number of nitrogens with zero attached hydrogens (tertiary/aromatic N) is 4. The number of hydrogen-bond donors (Lipinski definition) is 2. The second-order valence-corrected chi connectivity index (χ2v) is 7.22. The lowest BCUT2D eigenvalue weighted by Gasteiger charge is -2.17. The third-order valence-electron chi connectivity index (χ3n) is 5.28. The van der Waals surface area contributed by atoms with E-state index in [1.807, 2.05) is 6.07 Å². The van der Waals surface area contributed by atoms with Crippen LogP contribution in [0.15, 0.2) is 36.5 Å². The summed E-state index contributed by atoms with van der Waals surface area (Å²) >= 11 is 0. The third-order valence-corrected chi connectivity index (χ3v) is 5.28. The molecule has 0 saturated carbocycles. The van der Waals surface area contributed by atoms with Crippen molar-refractivity contribution in [3.8, 4) is 11.4 Å².